The van der Waals surface area contributed by atoms with Crippen LogP contribution in [0.15, 0.2) is 6.20 Å². The lowest BCUT2D eigenvalue weighted by Crippen LogP contribution is -1.94. The quantitative estimate of drug-likeness (QED) is 0.862. The average Bonchev–Trinajstić information content (AvgIpc) is 2.86. The zero-order chi connectivity index (χ0) is 9.80. The fraction of sp³-hybridized carbons (Fsp3) is 0.700. The van der Waals surface area contributed by atoms with E-state index >= 15 is 0 Å². The lowest BCUT2D eigenvalue weighted by molar-refractivity contribution is 0.285. The van der Waals surface area contributed by atoms with E-state index in [1.807, 2.05) is 11.8 Å². The number of aliphatic hydroxyl groups excluding tert-OH is 1. The SMILES string of the molecule is OCc1cnc(CSC2CCCC2)s1. The minimum Gasteiger partial charge on any atom is -0.391 e. The molecular weight excluding hydrogens is 214 g/mol. The molecule has 0 radical (unpaired) electrons. The van der Waals surface area contributed by atoms with Crippen LogP contribution < -0.4 is 0 Å². The standard InChI is InChI=1S/C10H15NOS2/c12-6-9-5-11-10(14-9)7-13-8-3-1-2-4-8/h5,8,12H,1-4,6-7H2. The van der Waals surface area contributed by atoms with Crippen molar-refractivity contribution in [2.75, 3.05) is 0 Å². The van der Waals surface area contributed by atoms with Crippen LogP contribution in [-0.4, -0.2) is 15.3 Å². The summed E-state index contributed by atoms with van der Waals surface area (Å²) >= 11 is 3.66. The minimum atomic E-state index is 0.131. The van der Waals surface area contributed by atoms with Gasteiger partial charge in [-0.2, -0.15) is 11.8 Å². The van der Waals surface area contributed by atoms with E-state index in [4.69, 9.17) is 5.11 Å². The van der Waals surface area contributed by atoms with Gasteiger partial charge < -0.3 is 5.11 Å². The van der Waals surface area contributed by atoms with Gasteiger partial charge in [0.1, 0.15) is 5.01 Å². The second-order valence-electron chi connectivity index (χ2n) is 3.60. The summed E-state index contributed by atoms with van der Waals surface area (Å²) in [6.45, 7) is 0.131. The predicted molar refractivity (Wildman–Crippen MR) is 61.6 cm³/mol. The molecule has 2 nitrogen and oxygen atoms in total. The molecule has 0 amide bonds. The highest BCUT2D eigenvalue weighted by molar-refractivity contribution is 7.99. The summed E-state index contributed by atoms with van der Waals surface area (Å²) in [5, 5.41) is 10.9. The number of thioether (sulfide) groups is 1. The molecule has 0 aromatic carbocycles. The van der Waals surface area contributed by atoms with Crippen LogP contribution in [0.25, 0.3) is 0 Å². The van der Waals surface area contributed by atoms with Crippen LogP contribution in [0.1, 0.15) is 35.6 Å². The van der Waals surface area contributed by atoms with Crippen molar-refractivity contribution in [1.82, 2.24) is 4.98 Å². The number of rotatable bonds is 4. The highest BCUT2D eigenvalue weighted by atomic mass is 32.2. The maximum absolute atomic E-state index is 8.89. The van der Waals surface area contributed by atoms with E-state index in [9.17, 15) is 0 Å². The Morgan fingerprint density at radius 1 is 1.50 bits per heavy atom. The zero-order valence-electron chi connectivity index (χ0n) is 8.11. The van der Waals surface area contributed by atoms with Crippen LogP contribution in [-0.2, 0) is 12.4 Å². The van der Waals surface area contributed by atoms with Gasteiger partial charge in [-0.3, -0.25) is 0 Å². The maximum atomic E-state index is 8.89. The van der Waals surface area contributed by atoms with Crippen molar-refractivity contribution < 1.29 is 5.11 Å². The number of thiazole rings is 1. The molecule has 1 aromatic heterocycles. The van der Waals surface area contributed by atoms with Gasteiger partial charge in [-0.15, -0.1) is 11.3 Å². The Bertz CT molecular complexity index is 281. The summed E-state index contributed by atoms with van der Waals surface area (Å²) in [7, 11) is 0. The average molecular weight is 229 g/mol. The number of aliphatic hydroxyl groups is 1. The second kappa shape index (κ2) is 5.14. The third kappa shape index (κ3) is 2.72. The second-order valence-corrected chi connectivity index (χ2v) is 6.08. The first-order chi connectivity index (χ1) is 6.88. The highest BCUT2D eigenvalue weighted by Gasteiger charge is 2.15. The van der Waals surface area contributed by atoms with Crippen LogP contribution in [0.5, 0.6) is 0 Å². The molecule has 2 rings (SSSR count). The molecule has 1 fully saturated rings. The molecule has 4 heteroatoms. The van der Waals surface area contributed by atoms with Crippen molar-refractivity contribution in [3.8, 4) is 0 Å². The van der Waals surface area contributed by atoms with Crippen molar-refractivity contribution in [1.29, 1.82) is 0 Å². The van der Waals surface area contributed by atoms with Crippen molar-refractivity contribution >= 4 is 23.1 Å². The van der Waals surface area contributed by atoms with Gasteiger partial charge in [-0.05, 0) is 12.8 Å². The Kier molecular flexibility index (Phi) is 3.84. The fourth-order valence-corrected chi connectivity index (χ4v) is 3.87. The Hall–Kier alpha value is -0.0600. The summed E-state index contributed by atoms with van der Waals surface area (Å²) < 4.78 is 0. The molecule has 1 saturated carbocycles. The van der Waals surface area contributed by atoms with E-state index in [0.29, 0.717) is 0 Å². The van der Waals surface area contributed by atoms with Crippen molar-refractivity contribution in [3.05, 3.63) is 16.1 Å². The van der Waals surface area contributed by atoms with E-state index in [-0.39, 0.29) is 6.61 Å². The third-order valence-corrected chi connectivity index (χ3v) is 5.05. The van der Waals surface area contributed by atoms with Crippen LogP contribution in [0, 0.1) is 0 Å². The Labute approximate surface area is 92.8 Å². The molecule has 0 aliphatic heterocycles. The molecule has 0 unspecified atom stereocenters. The number of hydrogen-bond donors (Lipinski definition) is 1. The lowest BCUT2D eigenvalue weighted by Gasteiger charge is -2.05. The molecule has 1 aromatic rings. The topological polar surface area (TPSA) is 33.1 Å². The Morgan fingerprint density at radius 2 is 2.29 bits per heavy atom. The van der Waals surface area contributed by atoms with Crippen LogP contribution in [0.4, 0.5) is 0 Å². The monoisotopic (exact) mass is 229 g/mol. The number of nitrogens with zero attached hydrogens (tertiary/aromatic N) is 1. The van der Waals surface area contributed by atoms with E-state index in [2.05, 4.69) is 4.98 Å². The molecule has 1 heterocycles. The Balaban J connectivity index is 1.79. The summed E-state index contributed by atoms with van der Waals surface area (Å²) in [4.78, 5) is 5.26. The maximum Gasteiger partial charge on any atom is 0.103 e. The fourth-order valence-electron chi connectivity index (χ4n) is 1.73. The first kappa shape index (κ1) is 10.5. The van der Waals surface area contributed by atoms with Crippen LogP contribution in [0.2, 0.25) is 0 Å². The first-order valence-electron chi connectivity index (χ1n) is 5.04. The first-order valence-corrected chi connectivity index (χ1v) is 6.91. The van der Waals surface area contributed by atoms with Crippen LogP contribution >= 0.6 is 23.1 Å². The van der Waals surface area contributed by atoms with Gasteiger partial charge in [0.15, 0.2) is 0 Å². The molecule has 1 N–H and O–H groups in total. The van der Waals surface area contributed by atoms with Gasteiger partial charge in [0.05, 0.1) is 11.5 Å². The summed E-state index contributed by atoms with van der Waals surface area (Å²) in [6.07, 6.45) is 7.34. The summed E-state index contributed by atoms with van der Waals surface area (Å²) in [5.41, 5.74) is 0. The normalized spacial score (nSPS) is 17.8. The Morgan fingerprint density at radius 3 is 2.93 bits per heavy atom. The number of hydrogen-bond acceptors (Lipinski definition) is 4. The van der Waals surface area contributed by atoms with Gasteiger partial charge in [-0.1, -0.05) is 12.8 Å². The van der Waals surface area contributed by atoms with Gasteiger partial charge in [0.25, 0.3) is 0 Å². The molecule has 1 aliphatic rings. The smallest absolute Gasteiger partial charge is 0.103 e. The molecule has 78 valence electrons. The summed E-state index contributed by atoms with van der Waals surface area (Å²) in [5.74, 6) is 1.02. The molecular formula is C10H15NOS2. The largest absolute Gasteiger partial charge is 0.391 e. The molecule has 0 saturated heterocycles. The highest BCUT2D eigenvalue weighted by Crippen LogP contribution is 2.32. The van der Waals surface area contributed by atoms with Gasteiger partial charge in [0.2, 0.25) is 0 Å². The van der Waals surface area contributed by atoms with Gasteiger partial charge >= 0.3 is 0 Å². The zero-order valence-corrected chi connectivity index (χ0v) is 9.74. The van der Waals surface area contributed by atoms with Crippen LogP contribution in [0.3, 0.4) is 0 Å². The van der Waals surface area contributed by atoms with Crippen molar-refractivity contribution in [2.45, 2.75) is 43.3 Å². The molecule has 0 spiro atoms. The van der Waals surface area contributed by atoms with E-state index in [0.717, 1.165) is 20.9 Å². The van der Waals surface area contributed by atoms with Gasteiger partial charge in [0, 0.05) is 17.2 Å². The van der Waals surface area contributed by atoms with E-state index < -0.39 is 0 Å². The van der Waals surface area contributed by atoms with E-state index in [1.54, 1.807) is 17.5 Å². The molecule has 1 aliphatic carbocycles. The summed E-state index contributed by atoms with van der Waals surface area (Å²) in [6, 6.07) is 0. The minimum absolute atomic E-state index is 0.131. The van der Waals surface area contributed by atoms with E-state index in [1.165, 1.54) is 25.7 Å². The number of aromatic nitrogens is 1. The predicted octanol–water partition coefficient (Wildman–Crippen LogP) is 2.81. The van der Waals surface area contributed by atoms with Gasteiger partial charge in [-0.25, -0.2) is 4.98 Å². The lowest BCUT2D eigenvalue weighted by atomic mass is 10.4. The van der Waals surface area contributed by atoms with Crippen molar-refractivity contribution in [3.63, 3.8) is 0 Å². The molecule has 0 bridgehead atoms. The molecule has 0 atom stereocenters. The molecule has 14 heavy (non-hydrogen) atoms. The van der Waals surface area contributed by atoms with Crippen molar-refractivity contribution in [2.24, 2.45) is 0 Å². The third-order valence-electron chi connectivity index (χ3n) is 2.50.